The molecule has 2 aromatic rings. The summed E-state index contributed by atoms with van der Waals surface area (Å²) in [4.78, 5) is 23.0. The smallest absolute Gasteiger partial charge is 0.335 e. The van der Waals surface area contributed by atoms with Gasteiger partial charge >= 0.3 is 5.97 Å². The summed E-state index contributed by atoms with van der Waals surface area (Å²) >= 11 is 0. The quantitative estimate of drug-likeness (QED) is 0.911. The van der Waals surface area contributed by atoms with E-state index < -0.39 is 5.97 Å². The molecule has 112 valence electrons. The molecule has 0 saturated heterocycles. The van der Waals surface area contributed by atoms with Gasteiger partial charge < -0.3 is 10.4 Å². The molecule has 3 rings (SSSR count). The molecule has 1 aliphatic carbocycles. The highest BCUT2D eigenvalue weighted by molar-refractivity contribution is 5.94. The maximum atomic E-state index is 12.2. The second kappa shape index (κ2) is 6.02. The van der Waals surface area contributed by atoms with Crippen molar-refractivity contribution in [2.45, 2.75) is 25.8 Å². The predicted octanol–water partition coefficient (Wildman–Crippen LogP) is 2.80. The van der Waals surface area contributed by atoms with Gasteiger partial charge in [-0.2, -0.15) is 0 Å². The van der Waals surface area contributed by atoms with E-state index in [9.17, 15) is 9.59 Å². The number of carboxylic acids is 1. The summed E-state index contributed by atoms with van der Waals surface area (Å²) in [6.45, 7) is 0.385. The molecule has 0 atom stereocenters. The van der Waals surface area contributed by atoms with Crippen LogP contribution in [-0.4, -0.2) is 17.0 Å². The van der Waals surface area contributed by atoms with Gasteiger partial charge in [-0.1, -0.05) is 18.2 Å². The summed E-state index contributed by atoms with van der Waals surface area (Å²) < 4.78 is 0. The SMILES string of the molecule is O=C(O)c1ccc(CNC(=O)c2ccc3c(c2)CCC3)cc1. The van der Waals surface area contributed by atoms with Gasteiger partial charge in [0.05, 0.1) is 5.56 Å². The number of aryl methyl sites for hydroxylation is 2. The van der Waals surface area contributed by atoms with Crippen molar-refractivity contribution in [1.29, 1.82) is 0 Å². The highest BCUT2D eigenvalue weighted by atomic mass is 16.4. The van der Waals surface area contributed by atoms with Crippen LogP contribution in [0.3, 0.4) is 0 Å². The van der Waals surface area contributed by atoms with E-state index in [4.69, 9.17) is 5.11 Å². The molecule has 0 fully saturated rings. The standard InChI is InChI=1S/C18H17NO3/c20-17(16-9-8-13-2-1-3-15(13)10-16)19-11-12-4-6-14(7-5-12)18(21)22/h4-10H,1-3,11H2,(H,19,20)(H,21,22). The first-order valence-electron chi connectivity index (χ1n) is 7.36. The summed E-state index contributed by atoms with van der Waals surface area (Å²) in [5.41, 5.74) is 4.43. The van der Waals surface area contributed by atoms with Crippen LogP contribution in [0, 0.1) is 0 Å². The van der Waals surface area contributed by atoms with Crippen molar-refractivity contribution < 1.29 is 14.7 Å². The van der Waals surface area contributed by atoms with E-state index in [1.54, 1.807) is 24.3 Å². The number of carbonyl (C=O) groups is 2. The minimum atomic E-state index is -0.950. The minimum absolute atomic E-state index is 0.1000. The first-order valence-corrected chi connectivity index (χ1v) is 7.36. The van der Waals surface area contributed by atoms with Gasteiger partial charge in [0.1, 0.15) is 0 Å². The monoisotopic (exact) mass is 295 g/mol. The van der Waals surface area contributed by atoms with Crippen LogP contribution in [0.2, 0.25) is 0 Å². The van der Waals surface area contributed by atoms with Crippen molar-refractivity contribution in [3.05, 3.63) is 70.3 Å². The molecular weight excluding hydrogens is 278 g/mol. The highest BCUT2D eigenvalue weighted by Crippen LogP contribution is 2.22. The van der Waals surface area contributed by atoms with E-state index >= 15 is 0 Å². The van der Waals surface area contributed by atoms with Gasteiger partial charge in [-0.15, -0.1) is 0 Å². The van der Waals surface area contributed by atoms with E-state index in [1.165, 1.54) is 11.1 Å². The topological polar surface area (TPSA) is 66.4 Å². The van der Waals surface area contributed by atoms with E-state index in [2.05, 4.69) is 5.32 Å². The molecule has 0 unspecified atom stereocenters. The largest absolute Gasteiger partial charge is 0.478 e. The molecule has 1 aliphatic rings. The number of amides is 1. The van der Waals surface area contributed by atoms with Gasteiger partial charge in [-0.25, -0.2) is 4.79 Å². The minimum Gasteiger partial charge on any atom is -0.478 e. The van der Waals surface area contributed by atoms with Crippen molar-refractivity contribution in [2.24, 2.45) is 0 Å². The highest BCUT2D eigenvalue weighted by Gasteiger charge is 2.13. The van der Waals surface area contributed by atoms with E-state index in [-0.39, 0.29) is 11.5 Å². The second-order valence-corrected chi connectivity index (χ2v) is 5.52. The lowest BCUT2D eigenvalue weighted by Crippen LogP contribution is -2.22. The van der Waals surface area contributed by atoms with Crippen LogP contribution in [0.25, 0.3) is 0 Å². The first kappa shape index (κ1) is 14.3. The fraction of sp³-hybridized carbons (Fsp3) is 0.222. The number of hydrogen-bond acceptors (Lipinski definition) is 2. The molecule has 0 bridgehead atoms. The lowest BCUT2D eigenvalue weighted by molar-refractivity contribution is 0.0696. The molecule has 0 heterocycles. The normalized spacial score (nSPS) is 12.7. The second-order valence-electron chi connectivity index (χ2n) is 5.52. The molecule has 0 aliphatic heterocycles. The van der Waals surface area contributed by atoms with E-state index in [0.717, 1.165) is 24.8 Å². The number of rotatable bonds is 4. The molecule has 0 radical (unpaired) electrons. The zero-order valence-corrected chi connectivity index (χ0v) is 12.1. The van der Waals surface area contributed by atoms with E-state index in [0.29, 0.717) is 12.1 Å². The maximum absolute atomic E-state index is 12.2. The zero-order valence-electron chi connectivity index (χ0n) is 12.1. The van der Waals surface area contributed by atoms with Crippen LogP contribution in [0.15, 0.2) is 42.5 Å². The molecule has 22 heavy (non-hydrogen) atoms. The van der Waals surface area contributed by atoms with Crippen molar-refractivity contribution in [3.8, 4) is 0 Å². The van der Waals surface area contributed by atoms with Crippen LogP contribution >= 0.6 is 0 Å². The number of nitrogens with one attached hydrogen (secondary N) is 1. The molecule has 0 aromatic heterocycles. The van der Waals surface area contributed by atoms with Gasteiger partial charge in [0, 0.05) is 12.1 Å². The van der Waals surface area contributed by atoms with Gasteiger partial charge in [0.15, 0.2) is 0 Å². The summed E-state index contributed by atoms with van der Waals surface area (Å²) in [5, 5.41) is 11.7. The Balaban J connectivity index is 1.63. The van der Waals surface area contributed by atoms with Crippen LogP contribution < -0.4 is 5.32 Å². The van der Waals surface area contributed by atoms with Crippen LogP contribution in [0.5, 0.6) is 0 Å². The maximum Gasteiger partial charge on any atom is 0.335 e. The Hall–Kier alpha value is -2.62. The number of carboxylic acid groups (broad SMARTS) is 1. The van der Waals surface area contributed by atoms with Crippen molar-refractivity contribution in [2.75, 3.05) is 0 Å². The summed E-state index contributed by atoms with van der Waals surface area (Å²) in [5.74, 6) is -1.05. The Bertz CT molecular complexity index is 720. The van der Waals surface area contributed by atoms with Gasteiger partial charge in [0.2, 0.25) is 0 Å². The van der Waals surface area contributed by atoms with E-state index in [1.807, 2.05) is 18.2 Å². The van der Waals surface area contributed by atoms with Crippen LogP contribution in [0.4, 0.5) is 0 Å². The molecule has 0 spiro atoms. The fourth-order valence-corrected chi connectivity index (χ4v) is 2.76. The first-order chi connectivity index (χ1) is 10.6. The lowest BCUT2D eigenvalue weighted by Gasteiger charge is -2.07. The Morgan fingerprint density at radius 3 is 2.36 bits per heavy atom. The Morgan fingerprint density at radius 1 is 0.955 bits per heavy atom. The predicted molar refractivity (Wildman–Crippen MR) is 83.0 cm³/mol. The third-order valence-electron chi connectivity index (χ3n) is 4.01. The molecule has 0 saturated carbocycles. The number of aromatic carboxylic acids is 1. The third-order valence-corrected chi connectivity index (χ3v) is 4.01. The Morgan fingerprint density at radius 2 is 1.64 bits per heavy atom. The number of hydrogen-bond donors (Lipinski definition) is 2. The van der Waals surface area contributed by atoms with Crippen molar-refractivity contribution >= 4 is 11.9 Å². The average molecular weight is 295 g/mol. The number of carbonyl (C=O) groups excluding carboxylic acids is 1. The van der Waals surface area contributed by atoms with Gasteiger partial charge in [-0.3, -0.25) is 4.79 Å². The van der Waals surface area contributed by atoms with Gasteiger partial charge in [-0.05, 0) is 60.2 Å². The summed E-state index contributed by atoms with van der Waals surface area (Å²) in [6.07, 6.45) is 3.32. The van der Waals surface area contributed by atoms with Crippen molar-refractivity contribution in [1.82, 2.24) is 5.32 Å². The van der Waals surface area contributed by atoms with Crippen molar-refractivity contribution in [3.63, 3.8) is 0 Å². The average Bonchev–Trinajstić information content (AvgIpc) is 3.00. The fourth-order valence-electron chi connectivity index (χ4n) is 2.76. The molecular formula is C18H17NO3. The Labute approximate surface area is 128 Å². The van der Waals surface area contributed by atoms with Crippen LogP contribution in [-0.2, 0) is 19.4 Å². The molecule has 4 heteroatoms. The number of benzene rings is 2. The summed E-state index contributed by atoms with van der Waals surface area (Å²) in [7, 11) is 0. The third kappa shape index (κ3) is 3.01. The number of fused-ring (bicyclic) bond motifs is 1. The lowest BCUT2D eigenvalue weighted by atomic mass is 10.1. The Kier molecular flexibility index (Phi) is 3.92. The molecule has 2 N–H and O–H groups in total. The molecule has 1 amide bonds. The molecule has 4 nitrogen and oxygen atoms in total. The van der Waals surface area contributed by atoms with Gasteiger partial charge in [0.25, 0.3) is 5.91 Å². The summed E-state index contributed by atoms with van der Waals surface area (Å²) in [6, 6.07) is 12.4. The zero-order chi connectivity index (χ0) is 15.5. The molecule has 2 aromatic carbocycles. The van der Waals surface area contributed by atoms with Crippen LogP contribution in [0.1, 0.15) is 43.8 Å².